The number of hydrogen-bond acceptors (Lipinski definition) is 4. The van der Waals surface area contributed by atoms with Crippen molar-refractivity contribution in [2.75, 3.05) is 20.3 Å². The molecule has 6 nitrogen and oxygen atoms in total. The van der Waals surface area contributed by atoms with E-state index in [4.69, 9.17) is 11.6 Å². The second-order valence-corrected chi connectivity index (χ2v) is 7.31. The largest absolute Gasteiger partial charge is 0.380 e. The second kappa shape index (κ2) is 10.0. The van der Waals surface area contributed by atoms with Crippen LogP contribution in [0.25, 0.3) is 0 Å². The van der Waals surface area contributed by atoms with Gasteiger partial charge in [0, 0.05) is 24.8 Å². The highest BCUT2D eigenvalue weighted by atomic mass is 35.5. The number of anilines is 4. The number of urea groups is 1. The van der Waals surface area contributed by atoms with Gasteiger partial charge in [-0.3, -0.25) is 4.79 Å². The Morgan fingerprint density at radius 1 is 0.933 bits per heavy atom. The van der Waals surface area contributed by atoms with Crippen LogP contribution in [-0.2, 0) is 11.3 Å². The van der Waals surface area contributed by atoms with Crippen molar-refractivity contribution < 1.29 is 9.59 Å². The molecule has 0 saturated carbocycles. The minimum Gasteiger partial charge on any atom is -0.380 e. The first-order chi connectivity index (χ1) is 14.4. The van der Waals surface area contributed by atoms with Crippen LogP contribution in [0.3, 0.4) is 0 Å². The van der Waals surface area contributed by atoms with Crippen molar-refractivity contribution in [1.82, 2.24) is 0 Å². The maximum atomic E-state index is 12.5. The van der Waals surface area contributed by atoms with Crippen molar-refractivity contribution in [2.24, 2.45) is 0 Å². The van der Waals surface area contributed by atoms with Crippen molar-refractivity contribution in [3.8, 4) is 0 Å². The van der Waals surface area contributed by atoms with E-state index in [9.17, 15) is 9.59 Å². The number of nitrogens with zero attached hydrogens (tertiary/aromatic N) is 1. The molecule has 3 N–H and O–H groups in total. The normalized spacial score (nSPS) is 10.2. The maximum Gasteiger partial charge on any atom is 0.336 e. The molecular weight excluding hydrogens is 420 g/mol. The summed E-state index contributed by atoms with van der Waals surface area (Å²) < 4.78 is 1.17. The highest BCUT2D eigenvalue weighted by molar-refractivity contribution is 7.82. The van der Waals surface area contributed by atoms with Crippen LogP contribution in [0, 0.1) is 0 Å². The molecule has 0 saturated heterocycles. The molecule has 8 heteroatoms. The number of carbonyl (C=O) groups excluding carboxylic acids is 2. The molecular formula is C22H21ClN4O2S. The summed E-state index contributed by atoms with van der Waals surface area (Å²) in [5.41, 5.74) is 3.65. The molecule has 3 rings (SSSR count). The van der Waals surface area contributed by atoms with E-state index in [0.717, 1.165) is 11.3 Å². The summed E-state index contributed by atoms with van der Waals surface area (Å²) in [6, 6.07) is 21.5. The third-order valence-electron chi connectivity index (χ3n) is 4.17. The van der Waals surface area contributed by atoms with Crippen LogP contribution >= 0.6 is 24.4 Å². The third kappa shape index (κ3) is 5.92. The molecule has 0 atom stereocenters. The van der Waals surface area contributed by atoms with Gasteiger partial charge in [-0.2, -0.15) is 0 Å². The number of benzene rings is 3. The average molecular weight is 441 g/mol. The van der Waals surface area contributed by atoms with Crippen molar-refractivity contribution in [3.05, 3.63) is 83.4 Å². The van der Waals surface area contributed by atoms with Gasteiger partial charge >= 0.3 is 6.03 Å². The van der Waals surface area contributed by atoms with Crippen LogP contribution in [-0.4, -0.2) is 11.9 Å². The van der Waals surface area contributed by atoms with E-state index in [1.165, 1.54) is 11.2 Å². The van der Waals surface area contributed by atoms with Gasteiger partial charge in [0.1, 0.15) is 0 Å². The molecule has 3 aromatic carbocycles. The SMILES string of the molecule is CC(=O)Nc1ccc(N(S)C(=O)Nc2ccc(NCc3ccccc3)c(Cl)c2)cc1. The van der Waals surface area contributed by atoms with E-state index < -0.39 is 6.03 Å². The minimum absolute atomic E-state index is 0.165. The van der Waals surface area contributed by atoms with Crippen LogP contribution in [0.2, 0.25) is 5.02 Å². The average Bonchev–Trinajstić information content (AvgIpc) is 2.73. The van der Waals surface area contributed by atoms with E-state index >= 15 is 0 Å². The Labute approximate surface area is 185 Å². The third-order valence-corrected chi connectivity index (χ3v) is 4.90. The first kappa shape index (κ1) is 21.5. The molecule has 0 aromatic heterocycles. The molecule has 0 spiro atoms. The fourth-order valence-corrected chi connectivity index (χ4v) is 3.14. The summed E-state index contributed by atoms with van der Waals surface area (Å²) >= 11 is 10.6. The van der Waals surface area contributed by atoms with Gasteiger partial charge in [0.15, 0.2) is 0 Å². The van der Waals surface area contributed by atoms with Crippen molar-refractivity contribution in [2.45, 2.75) is 13.5 Å². The van der Waals surface area contributed by atoms with Gasteiger partial charge in [-0.05, 0) is 48.0 Å². The van der Waals surface area contributed by atoms with Crippen LogP contribution < -0.4 is 20.3 Å². The highest BCUT2D eigenvalue weighted by Gasteiger charge is 2.13. The second-order valence-electron chi connectivity index (χ2n) is 6.50. The minimum atomic E-state index is -0.438. The lowest BCUT2D eigenvalue weighted by molar-refractivity contribution is -0.114. The molecule has 0 fully saturated rings. The van der Waals surface area contributed by atoms with Gasteiger partial charge in [-0.15, -0.1) is 0 Å². The number of nitrogens with one attached hydrogen (secondary N) is 3. The summed E-state index contributed by atoms with van der Waals surface area (Å²) in [4.78, 5) is 23.6. The lowest BCUT2D eigenvalue weighted by Gasteiger charge is -2.17. The summed E-state index contributed by atoms with van der Waals surface area (Å²) in [6.07, 6.45) is 0. The maximum absolute atomic E-state index is 12.5. The Morgan fingerprint density at radius 3 is 2.23 bits per heavy atom. The first-order valence-electron chi connectivity index (χ1n) is 9.17. The molecule has 0 bridgehead atoms. The van der Waals surface area contributed by atoms with Crippen LogP contribution in [0.5, 0.6) is 0 Å². The van der Waals surface area contributed by atoms with E-state index in [-0.39, 0.29) is 5.91 Å². The predicted octanol–water partition coefficient (Wildman–Crippen LogP) is 5.79. The standard InChI is InChI=1S/C22H21ClN4O2S/c1-15(28)25-17-7-10-19(11-8-17)27(30)22(29)26-18-9-12-21(20(23)13-18)24-14-16-5-3-2-4-6-16/h2-13,24,30H,14H2,1H3,(H,25,28)(H,26,29). The smallest absolute Gasteiger partial charge is 0.336 e. The zero-order chi connectivity index (χ0) is 21.5. The fourth-order valence-electron chi connectivity index (χ4n) is 2.71. The number of halogens is 1. The Kier molecular flexibility index (Phi) is 7.21. The van der Waals surface area contributed by atoms with Gasteiger partial charge in [-0.25, -0.2) is 9.10 Å². The fraction of sp³-hybridized carbons (Fsp3) is 0.0909. The Hall–Kier alpha value is -3.16. The molecule has 3 aromatic rings. The number of hydrogen-bond donors (Lipinski definition) is 4. The zero-order valence-corrected chi connectivity index (χ0v) is 17.9. The predicted molar refractivity (Wildman–Crippen MR) is 126 cm³/mol. The zero-order valence-electron chi connectivity index (χ0n) is 16.2. The topological polar surface area (TPSA) is 73.5 Å². The number of carbonyl (C=O) groups is 2. The number of rotatable bonds is 6. The van der Waals surface area contributed by atoms with Gasteiger partial charge in [0.25, 0.3) is 0 Å². The number of amides is 3. The molecule has 3 amide bonds. The summed E-state index contributed by atoms with van der Waals surface area (Å²) in [5.74, 6) is -0.165. The van der Waals surface area contributed by atoms with Gasteiger partial charge in [0.05, 0.1) is 16.4 Å². The van der Waals surface area contributed by atoms with Crippen molar-refractivity contribution in [3.63, 3.8) is 0 Å². The molecule has 0 aliphatic heterocycles. The molecule has 154 valence electrons. The summed E-state index contributed by atoms with van der Waals surface area (Å²) in [7, 11) is 0. The van der Waals surface area contributed by atoms with Crippen LogP contribution in [0.1, 0.15) is 12.5 Å². The highest BCUT2D eigenvalue weighted by Crippen LogP contribution is 2.27. The monoisotopic (exact) mass is 440 g/mol. The van der Waals surface area contributed by atoms with Gasteiger partial charge in [-0.1, -0.05) is 54.7 Å². The molecule has 0 aliphatic rings. The van der Waals surface area contributed by atoms with E-state index in [2.05, 4.69) is 28.8 Å². The van der Waals surface area contributed by atoms with Crippen LogP contribution in [0.15, 0.2) is 72.8 Å². The molecule has 30 heavy (non-hydrogen) atoms. The van der Waals surface area contributed by atoms with Crippen molar-refractivity contribution in [1.29, 1.82) is 0 Å². The molecule has 0 heterocycles. The lowest BCUT2D eigenvalue weighted by atomic mass is 10.2. The van der Waals surface area contributed by atoms with Crippen molar-refractivity contribution >= 4 is 59.1 Å². The Bertz CT molecular complexity index is 1030. The molecule has 0 unspecified atom stereocenters. The van der Waals surface area contributed by atoms with E-state index in [0.29, 0.717) is 28.6 Å². The van der Waals surface area contributed by atoms with E-state index in [1.807, 2.05) is 36.4 Å². The van der Waals surface area contributed by atoms with Crippen LogP contribution in [0.4, 0.5) is 27.5 Å². The lowest BCUT2D eigenvalue weighted by Crippen LogP contribution is -2.26. The summed E-state index contributed by atoms with van der Waals surface area (Å²) in [5, 5.41) is 9.20. The summed E-state index contributed by atoms with van der Waals surface area (Å²) in [6.45, 7) is 2.07. The Balaban J connectivity index is 1.60. The van der Waals surface area contributed by atoms with E-state index in [1.54, 1.807) is 36.4 Å². The molecule has 0 radical (unpaired) electrons. The Morgan fingerprint density at radius 2 is 1.60 bits per heavy atom. The first-order valence-corrected chi connectivity index (χ1v) is 9.95. The van der Waals surface area contributed by atoms with Gasteiger partial charge < -0.3 is 16.0 Å². The van der Waals surface area contributed by atoms with Gasteiger partial charge in [0.2, 0.25) is 5.91 Å². The quantitative estimate of drug-likeness (QED) is 0.366. The molecule has 0 aliphatic carbocycles. The number of thiol groups is 1.